The molecule has 3 aromatic carbocycles. The number of carbonyl (C=O) groups excluding carboxylic acids is 1. The molecule has 0 bridgehead atoms. The van der Waals surface area contributed by atoms with Crippen molar-refractivity contribution in [2.45, 2.75) is 11.4 Å². The van der Waals surface area contributed by atoms with Gasteiger partial charge in [-0.05, 0) is 35.9 Å². The zero-order valence-electron chi connectivity index (χ0n) is 17.9. The molecule has 3 aromatic rings. The van der Waals surface area contributed by atoms with Gasteiger partial charge in [-0.1, -0.05) is 41.9 Å². The molecule has 0 aliphatic carbocycles. The number of hydrogen-bond acceptors (Lipinski definition) is 5. The highest BCUT2D eigenvalue weighted by atomic mass is 35.5. The van der Waals surface area contributed by atoms with E-state index in [1.54, 1.807) is 36.4 Å². The van der Waals surface area contributed by atoms with E-state index < -0.39 is 28.3 Å². The van der Waals surface area contributed by atoms with Gasteiger partial charge in [0.2, 0.25) is 15.9 Å². The predicted molar refractivity (Wildman–Crippen MR) is 124 cm³/mol. The van der Waals surface area contributed by atoms with Crippen molar-refractivity contribution in [3.63, 3.8) is 0 Å². The lowest BCUT2D eigenvalue weighted by Gasteiger charge is -2.23. The molecular weight excluding hydrogens is 471 g/mol. The summed E-state index contributed by atoms with van der Waals surface area (Å²) in [6.45, 7) is -0.576. The highest BCUT2D eigenvalue weighted by Gasteiger charge is 2.30. The predicted octanol–water partition coefficient (Wildman–Crippen LogP) is 4.33. The highest BCUT2D eigenvalue weighted by molar-refractivity contribution is 7.89. The third kappa shape index (κ3) is 6.01. The van der Waals surface area contributed by atoms with Crippen molar-refractivity contribution in [2.75, 3.05) is 26.1 Å². The number of carbonyl (C=O) groups is 1. The number of nitrogens with zero attached hydrogens (tertiary/aromatic N) is 1. The van der Waals surface area contributed by atoms with Crippen molar-refractivity contribution in [1.82, 2.24) is 4.31 Å². The number of anilines is 1. The molecule has 10 heteroatoms. The highest BCUT2D eigenvalue weighted by Crippen LogP contribution is 2.31. The fraction of sp³-hybridized carbons (Fsp3) is 0.174. The Morgan fingerprint density at radius 1 is 1.03 bits per heavy atom. The number of sulfonamides is 1. The second-order valence-electron chi connectivity index (χ2n) is 6.95. The van der Waals surface area contributed by atoms with Crippen molar-refractivity contribution in [3.8, 4) is 11.5 Å². The molecule has 0 aliphatic rings. The molecule has 0 saturated heterocycles. The molecule has 174 valence electrons. The topological polar surface area (TPSA) is 84.9 Å². The van der Waals surface area contributed by atoms with E-state index >= 15 is 0 Å². The summed E-state index contributed by atoms with van der Waals surface area (Å²) in [5.41, 5.74) is 0.919. The number of ether oxygens (including phenoxy) is 2. The number of benzene rings is 3. The molecule has 0 unspecified atom stereocenters. The Bertz CT molecular complexity index is 1240. The van der Waals surface area contributed by atoms with Crippen LogP contribution < -0.4 is 14.8 Å². The van der Waals surface area contributed by atoms with E-state index in [1.807, 2.05) is 0 Å². The average Bonchev–Trinajstić information content (AvgIpc) is 2.81. The minimum Gasteiger partial charge on any atom is -0.497 e. The van der Waals surface area contributed by atoms with E-state index in [2.05, 4.69) is 5.32 Å². The summed E-state index contributed by atoms with van der Waals surface area (Å²) < 4.78 is 52.1. The number of amides is 1. The number of hydrogen-bond donors (Lipinski definition) is 1. The second-order valence-corrected chi connectivity index (χ2v) is 9.27. The van der Waals surface area contributed by atoms with Gasteiger partial charge in [0.25, 0.3) is 0 Å². The van der Waals surface area contributed by atoms with Gasteiger partial charge >= 0.3 is 0 Å². The van der Waals surface area contributed by atoms with Crippen LogP contribution in [0.1, 0.15) is 5.56 Å². The maximum absolute atomic E-state index is 13.6. The van der Waals surface area contributed by atoms with E-state index in [4.69, 9.17) is 21.1 Å². The Labute approximate surface area is 196 Å². The number of methoxy groups -OCH3 is 2. The first-order valence-corrected chi connectivity index (χ1v) is 11.6. The summed E-state index contributed by atoms with van der Waals surface area (Å²) in [6.07, 6.45) is 0. The van der Waals surface area contributed by atoms with Gasteiger partial charge in [-0.2, -0.15) is 4.31 Å². The first kappa shape index (κ1) is 24.5. The molecule has 0 saturated carbocycles. The normalized spacial score (nSPS) is 11.3. The van der Waals surface area contributed by atoms with E-state index in [-0.39, 0.29) is 27.9 Å². The Morgan fingerprint density at radius 2 is 1.76 bits per heavy atom. The summed E-state index contributed by atoms with van der Waals surface area (Å²) >= 11 is 5.77. The fourth-order valence-electron chi connectivity index (χ4n) is 3.07. The Kier molecular flexibility index (Phi) is 7.91. The van der Waals surface area contributed by atoms with E-state index in [0.29, 0.717) is 11.3 Å². The largest absolute Gasteiger partial charge is 0.497 e. The van der Waals surface area contributed by atoms with Crippen LogP contribution in [-0.2, 0) is 21.4 Å². The maximum Gasteiger partial charge on any atom is 0.247 e. The maximum atomic E-state index is 13.6. The number of halogens is 2. The van der Waals surface area contributed by atoms with Gasteiger partial charge in [0.15, 0.2) is 0 Å². The van der Waals surface area contributed by atoms with Crippen molar-refractivity contribution in [3.05, 3.63) is 83.1 Å². The van der Waals surface area contributed by atoms with Crippen LogP contribution in [0.15, 0.2) is 71.6 Å². The van der Waals surface area contributed by atoms with E-state index in [1.165, 1.54) is 38.5 Å². The minimum absolute atomic E-state index is 0.0683. The van der Waals surface area contributed by atoms with Crippen LogP contribution in [0.3, 0.4) is 0 Å². The van der Waals surface area contributed by atoms with Gasteiger partial charge < -0.3 is 14.8 Å². The van der Waals surface area contributed by atoms with Gasteiger partial charge in [-0.3, -0.25) is 4.79 Å². The third-order valence-corrected chi connectivity index (χ3v) is 6.82. The Hall–Kier alpha value is -3.14. The molecule has 0 spiro atoms. The summed E-state index contributed by atoms with van der Waals surface area (Å²) in [4.78, 5) is 12.6. The summed E-state index contributed by atoms with van der Waals surface area (Å²) in [6, 6.07) is 16.9. The summed E-state index contributed by atoms with van der Waals surface area (Å²) in [5.74, 6) is -0.828. The van der Waals surface area contributed by atoms with Gasteiger partial charge in [-0.25, -0.2) is 12.8 Å². The molecule has 0 aliphatic heterocycles. The zero-order chi connectivity index (χ0) is 24.0. The molecule has 0 aromatic heterocycles. The lowest BCUT2D eigenvalue weighted by atomic mass is 10.2. The first-order valence-electron chi connectivity index (χ1n) is 9.75. The second kappa shape index (κ2) is 10.7. The molecule has 7 nitrogen and oxygen atoms in total. The van der Waals surface area contributed by atoms with Gasteiger partial charge in [0, 0.05) is 18.3 Å². The molecule has 3 rings (SSSR count). The monoisotopic (exact) mass is 492 g/mol. The average molecular weight is 493 g/mol. The van der Waals surface area contributed by atoms with Crippen molar-refractivity contribution in [1.29, 1.82) is 0 Å². The molecule has 0 fully saturated rings. The lowest BCUT2D eigenvalue weighted by Crippen LogP contribution is -2.37. The van der Waals surface area contributed by atoms with Crippen molar-refractivity contribution in [2.24, 2.45) is 0 Å². The smallest absolute Gasteiger partial charge is 0.247 e. The molecule has 1 N–H and O–H groups in total. The van der Waals surface area contributed by atoms with Crippen LogP contribution in [0.4, 0.5) is 10.1 Å². The molecule has 0 radical (unpaired) electrons. The Balaban J connectivity index is 1.95. The quantitative estimate of drug-likeness (QED) is 0.480. The van der Waals surface area contributed by atoms with Crippen LogP contribution in [-0.4, -0.2) is 39.4 Å². The van der Waals surface area contributed by atoms with E-state index in [9.17, 15) is 17.6 Å². The van der Waals surface area contributed by atoms with Gasteiger partial charge in [-0.15, -0.1) is 0 Å². The van der Waals surface area contributed by atoms with Crippen LogP contribution in [0.2, 0.25) is 5.02 Å². The van der Waals surface area contributed by atoms with Crippen LogP contribution in [0.25, 0.3) is 0 Å². The fourth-order valence-corrected chi connectivity index (χ4v) is 4.81. The van der Waals surface area contributed by atoms with Crippen LogP contribution >= 0.6 is 11.6 Å². The SMILES string of the molecule is COc1ccc(OC)c(S(=O)(=O)N(CC(=O)Nc2ccc(F)c(Cl)c2)Cc2ccccc2)c1. The molecule has 0 heterocycles. The number of nitrogens with one attached hydrogen (secondary N) is 1. The lowest BCUT2D eigenvalue weighted by molar-refractivity contribution is -0.116. The van der Waals surface area contributed by atoms with Gasteiger partial charge in [0.1, 0.15) is 22.2 Å². The number of rotatable bonds is 9. The van der Waals surface area contributed by atoms with Crippen molar-refractivity contribution >= 4 is 33.2 Å². The minimum atomic E-state index is -4.20. The van der Waals surface area contributed by atoms with E-state index in [0.717, 1.165) is 10.4 Å². The molecule has 0 atom stereocenters. The summed E-state index contributed by atoms with van der Waals surface area (Å²) in [5, 5.41) is 2.38. The standard InChI is InChI=1S/C23H22ClFN2O5S/c1-31-18-9-11-21(32-2)22(13-18)33(29,30)27(14-16-6-4-3-5-7-16)15-23(28)26-17-8-10-20(25)19(24)12-17/h3-13H,14-15H2,1-2H3,(H,26,28). The first-order chi connectivity index (χ1) is 15.7. The third-order valence-electron chi connectivity index (χ3n) is 4.71. The summed E-state index contributed by atoms with van der Waals surface area (Å²) in [7, 11) is -1.42. The zero-order valence-corrected chi connectivity index (χ0v) is 19.5. The molecule has 1 amide bonds. The van der Waals surface area contributed by atoms with Gasteiger partial charge in [0.05, 0.1) is 25.8 Å². The van der Waals surface area contributed by atoms with Crippen LogP contribution in [0, 0.1) is 5.82 Å². The van der Waals surface area contributed by atoms with Crippen LogP contribution in [0.5, 0.6) is 11.5 Å². The van der Waals surface area contributed by atoms with Crippen molar-refractivity contribution < 1.29 is 27.1 Å². The molecular formula is C23H22ClFN2O5S. The molecule has 33 heavy (non-hydrogen) atoms. The Morgan fingerprint density at radius 3 is 2.39 bits per heavy atom.